The van der Waals surface area contributed by atoms with Crippen LogP contribution >= 0.6 is 11.8 Å². The third-order valence-corrected chi connectivity index (χ3v) is 7.66. The highest BCUT2D eigenvalue weighted by Gasteiger charge is 2.03. The highest BCUT2D eigenvalue weighted by atomic mass is 32.2. The number of thioether (sulfide) groups is 1. The molecule has 0 aromatic rings. The van der Waals surface area contributed by atoms with E-state index in [1.807, 2.05) is 81.0 Å². The largest absolute Gasteiger partial charge is 0.468 e. The van der Waals surface area contributed by atoms with Gasteiger partial charge < -0.3 is 41.2 Å². The number of morpholine rings is 1. The molecule has 10 nitrogen and oxygen atoms in total. The van der Waals surface area contributed by atoms with Crippen molar-refractivity contribution in [1.29, 1.82) is 0 Å². The summed E-state index contributed by atoms with van der Waals surface area (Å²) >= 11 is 2.03. The van der Waals surface area contributed by atoms with E-state index in [9.17, 15) is 9.00 Å². The van der Waals surface area contributed by atoms with Crippen molar-refractivity contribution in [3.8, 4) is 0 Å². The van der Waals surface area contributed by atoms with Crippen molar-refractivity contribution < 1.29 is 23.6 Å². The molecule has 0 spiro atoms. The van der Waals surface area contributed by atoms with E-state index >= 15 is 0 Å². The summed E-state index contributed by atoms with van der Waals surface area (Å²) in [6.07, 6.45) is 9.68. The number of aliphatic hydroxyl groups excluding tert-OH is 1. The van der Waals surface area contributed by atoms with Crippen molar-refractivity contribution >= 4 is 29.0 Å². The third-order valence-electron chi connectivity index (χ3n) is 5.35. The molecule has 5 aliphatic rings. The fraction of sp³-hybridized carbons (Fsp3) is 0.976. The van der Waals surface area contributed by atoms with E-state index in [1.54, 1.807) is 13.8 Å². The summed E-state index contributed by atoms with van der Waals surface area (Å²) < 4.78 is 19.7. The van der Waals surface area contributed by atoms with Crippen LogP contribution in [0.1, 0.15) is 149 Å². The minimum Gasteiger partial charge on any atom is -0.468 e. The third kappa shape index (κ3) is 112. The normalized spacial score (nSPS) is 16.1. The van der Waals surface area contributed by atoms with Gasteiger partial charge in [0.05, 0.1) is 19.8 Å². The van der Waals surface area contributed by atoms with E-state index in [-0.39, 0.29) is 14.0 Å². The summed E-state index contributed by atoms with van der Waals surface area (Å²) in [7, 11) is -0.503. The average molecular weight is 810 g/mol. The first-order chi connectivity index (χ1) is 25.6. The molecule has 5 fully saturated rings. The van der Waals surface area contributed by atoms with Gasteiger partial charge in [-0.2, -0.15) is 11.8 Å². The SMILES string of the molecule is C.C1CCNCC1.C1CCNCC1.C1COCCN1.C1CSCCN1.CC.CC.CC.CC.CC.CCC.CCO.CCOC=O.O=S1CCNCC1. The quantitative estimate of drug-likeness (QED) is 0.151. The molecular weight excluding hydrogens is 707 g/mol. The number of hydrogen-bond acceptors (Lipinski definition) is 11. The smallest absolute Gasteiger partial charge is 0.293 e. The van der Waals surface area contributed by atoms with Crippen LogP contribution in [-0.4, -0.2) is 131 Å². The van der Waals surface area contributed by atoms with Gasteiger partial charge in [0.25, 0.3) is 6.47 Å². The lowest BCUT2D eigenvalue weighted by Crippen LogP contribution is -2.32. The molecular formula is C41H103N5O5S2. The molecule has 0 bridgehead atoms. The number of carbonyl (C=O) groups is 1. The Morgan fingerprint density at radius 1 is 0.585 bits per heavy atom. The lowest BCUT2D eigenvalue weighted by molar-refractivity contribution is -0.128. The van der Waals surface area contributed by atoms with E-state index in [0.29, 0.717) is 13.1 Å². The van der Waals surface area contributed by atoms with Gasteiger partial charge in [0.1, 0.15) is 0 Å². The minimum absolute atomic E-state index is 0. The second-order valence-electron chi connectivity index (χ2n) is 9.52. The number of carbonyl (C=O) groups excluding carboxylic acids is 1. The minimum atomic E-state index is -0.503. The number of hydrogen-bond donors (Lipinski definition) is 6. The lowest BCUT2D eigenvalue weighted by Gasteiger charge is -2.10. The molecule has 0 aromatic carbocycles. The van der Waals surface area contributed by atoms with Gasteiger partial charge in [0.2, 0.25) is 0 Å². The second kappa shape index (κ2) is 98.7. The van der Waals surface area contributed by atoms with Gasteiger partial charge in [-0.3, -0.25) is 9.00 Å². The van der Waals surface area contributed by atoms with Gasteiger partial charge in [-0.05, 0) is 65.7 Å². The van der Waals surface area contributed by atoms with Crippen molar-refractivity contribution in [2.24, 2.45) is 0 Å². The Morgan fingerprint density at radius 2 is 0.887 bits per heavy atom. The number of nitrogens with one attached hydrogen (secondary N) is 5. The zero-order chi connectivity index (χ0) is 41.6. The van der Waals surface area contributed by atoms with Crippen LogP contribution in [0.3, 0.4) is 0 Å². The maximum Gasteiger partial charge on any atom is 0.293 e. The first kappa shape index (κ1) is 73.8. The molecule has 0 amide bonds. The zero-order valence-corrected chi connectivity index (χ0v) is 39.3. The molecule has 5 saturated heterocycles. The van der Waals surface area contributed by atoms with Crippen molar-refractivity contribution in [3.05, 3.63) is 0 Å². The molecule has 5 rings (SSSR count). The molecule has 0 atom stereocenters. The highest BCUT2D eigenvalue weighted by Crippen LogP contribution is 1.99. The Balaban J connectivity index is -0.0000000581. The van der Waals surface area contributed by atoms with Gasteiger partial charge in [0, 0.05) is 79.7 Å². The Hall–Kier alpha value is -0.310. The van der Waals surface area contributed by atoms with Crippen molar-refractivity contribution in [3.63, 3.8) is 0 Å². The van der Waals surface area contributed by atoms with Gasteiger partial charge in [-0.25, -0.2) is 0 Å². The Bertz CT molecular complexity index is 386. The summed E-state index contributed by atoms with van der Waals surface area (Å²) in [6, 6.07) is 0. The molecule has 334 valence electrons. The molecule has 0 unspecified atom stereocenters. The zero-order valence-electron chi connectivity index (χ0n) is 37.7. The van der Waals surface area contributed by atoms with Gasteiger partial charge in [0.15, 0.2) is 0 Å². The summed E-state index contributed by atoms with van der Waals surface area (Å²) in [5.74, 6) is 4.31. The Labute approximate surface area is 342 Å². The molecule has 0 radical (unpaired) electrons. The fourth-order valence-electron chi connectivity index (χ4n) is 3.30. The van der Waals surface area contributed by atoms with E-state index in [0.717, 1.165) is 50.9 Å². The van der Waals surface area contributed by atoms with E-state index < -0.39 is 10.8 Å². The van der Waals surface area contributed by atoms with E-state index in [2.05, 4.69) is 45.2 Å². The Morgan fingerprint density at radius 3 is 0.981 bits per heavy atom. The number of rotatable bonds is 2. The van der Waals surface area contributed by atoms with Crippen LogP contribution in [-0.2, 0) is 25.1 Å². The number of piperidine rings is 2. The fourth-order valence-corrected chi connectivity index (χ4v) is 5.03. The highest BCUT2D eigenvalue weighted by molar-refractivity contribution is 7.99. The predicted octanol–water partition coefficient (Wildman–Crippen LogP) is 8.15. The van der Waals surface area contributed by atoms with E-state index in [4.69, 9.17) is 9.84 Å². The molecule has 0 aromatic heterocycles. The first-order valence-corrected chi connectivity index (χ1v) is 24.0. The number of aliphatic hydroxyl groups is 1. The van der Waals surface area contributed by atoms with E-state index in [1.165, 1.54) is 95.7 Å². The van der Waals surface area contributed by atoms with Crippen molar-refractivity contribution in [1.82, 2.24) is 26.6 Å². The molecule has 5 aliphatic heterocycles. The summed E-state index contributed by atoms with van der Waals surface area (Å²) in [5.41, 5.74) is 0. The van der Waals surface area contributed by atoms with Crippen LogP contribution in [0.4, 0.5) is 0 Å². The summed E-state index contributed by atoms with van der Waals surface area (Å²) in [6.45, 7) is 42.0. The molecule has 5 heterocycles. The molecule has 53 heavy (non-hydrogen) atoms. The monoisotopic (exact) mass is 810 g/mol. The van der Waals surface area contributed by atoms with Crippen LogP contribution in [0.25, 0.3) is 0 Å². The van der Waals surface area contributed by atoms with Crippen LogP contribution in [0.15, 0.2) is 0 Å². The average Bonchev–Trinajstić information content (AvgIpc) is 3.26. The van der Waals surface area contributed by atoms with Gasteiger partial charge in [-0.1, -0.05) is 110 Å². The molecule has 0 aliphatic carbocycles. The van der Waals surface area contributed by atoms with Gasteiger partial charge >= 0.3 is 0 Å². The standard InChI is InChI=1S/2C5H11N.C4H9NOS.C4H9NO.C4H9NS.C3H6O2.C3H8.C2H6O.5C2H6.CH4/c2*1-2-4-6-5-3-1;6-7-3-1-5-2-4-7;2*1-3-6-4-2-5-1;1-2-5-3-4;1-3-2;1-2-3;5*1-2;/h2*6H,1-5H2;5H,1-4H2;2*5H,1-4H2;3H,2H2,1H3;3H2,1-2H3;3H,2H2,1H3;5*1-2H3;1H4. The van der Waals surface area contributed by atoms with Crippen molar-refractivity contribution in [2.75, 3.05) is 115 Å². The number of ether oxygens (including phenoxy) is 2. The Kier molecular flexibility index (Phi) is 137. The summed E-state index contributed by atoms with van der Waals surface area (Å²) in [5, 5.41) is 23.7. The predicted molar refractivity (Wildman–Crippen MR) is 248 cm³/mol. The van der Waals surface area contributed by atoms with Crippen LogP contribution < -0.4 is 26.6 Å². The first-order valence-electron chi connectivity index (χ1n) is 21.3. The lowest BCUT2D eigenvalue weighted by atomic mass is 10.2. The molecule has 0 saturated carbocycles. The topological polar surface area (TPSA) is 133 Å². The van der Waals surface area contributed by atoms with Gasteiger partial charge in [-0.15, -0.1) is 0 Å². The van der Waals surface area contributed by atoms with Crippen LogP contribution in [0.2, 0.25) is 0 Å². The maximum absolute atomic E-state index is 10.5. The van der Waals surface area contributed by atoms with Crippen LogP contribution in [0, 0.1) is 0 Å². The summed E-state index contributed by atoms with van der Waals surface area (Å²) in [4.78, 5) is 9.18. The van der Waals surface area contributed by atoms with Crippen molar-refractivity contribution in [2.45, 2.75) is 149 Å². The second-order valence-corrected chi connectivity index (χ2v) is 12.4. The molecule has 6 N–H and O–H groups in total. The maximum atomic E-state index is 10.5. The molecule has 12 heteroatoms. The van der Waals surface area contributed by atoms with Crippen LogP contribution in [0.5, 0.6) is 0 Å².